The standard InChI is InChI=1S/C73H77N3O12S/c1-77-62-39-37-58(38-40-62)48-82-66-64(87-72(78-2)70(85-47-57-31-17-7-18-32-57)68(66)83-45-55-27-13-5-14-28-55)51-80-49-60-34-22-21-33-59(60)41-76-42-61(74-75-76)50-86-71-69(84-46-56-29-15-6-16-30-56)67(81-44-54-25-11-4-12-26-54)65(52-79-43-53-23-9-3-10-24-53)88-73(71)89-63-35-19-8-20-36-63/h3-40,42,64-73H,41,43-52H2,1-2H3/t64-,65-,66-,67-,68+,69+,70-,71-,72+,73+/m1/s1. The Morgan fingerprint density at radius 1 is 0.393 bits per heavy atom. The summed E-state index contributed by atoms with van der Waals surface area (Å²) in [6, 6.07) is 76.7. The van der Waals surface area contributed by atoms with Crippen molar-refractivity contribution in [2.24, 2.45) is 0 Å². The molecule has 0 amide bonds. The highest BCUT2D eigenvalue weighted by molar-refractivity contribution is 7.99. The van der Waals surface area contributed by atoms with E-state index in [1.165, 1.54) is 0 Å². The van der Waals surface area contributed by atoms with Crippen LogP contribution in [0.5, 0.6) is 5.75 Å². The van der Waals surface area contributed by atoms with Crippen LogP contribution < -0.4 is 4.74 Å². The van der Waals surface area contributed by atoms with E-state index in [0.29, 0.717) is 45.3 Å². The van der Waals surface area contributed by atoms with Crippen molar-refractivity contribution in [1.82, 2.24) is 15.0 Å². The topological polar surface area (TPSA) is 141 Å². The third kappa shape index (κ3) is 18.4. The number of methoxy groups -OCH3 is 2. The number of benzene rings is 8. The second-order valence-electron chi connectivity index (χ2n) is 21.9. The van der Waals surface area contributed by atoms with Gasteiger partial charge in [-0.05, 0) is 68.8 Å². The molecule has 462 valence electrons. The zero-order valence-electron chi connectivity index (χ0n) is 50.2. The molecule has 3 heterocycles. The van der Waals surface area contributed by atoms with Crippen molar-refractivity contribution in [2.75, 3.05) is 27.4 Å². The van der Waals surface area contributed by atoms with Crippen molar-refractivity contribution in [3.63, 3.8) is 0 Å². The zero-order chi connectivity index (χ0) is 60.7. The largest absolute Gasteiger partial charge is 0.497 e. The van der Waals surface area contributed by atoms with E-state index in [1.54, 1.807) is 26.0 Å². The van der Waals surface area contributed by atoms with Crippen LogP contribution in [-0.2, 0) is 112 Å². The van der Waals surface area contributed by atoms with Crippen molar-refractivity contribution in [1.29, 1.82) is 0 Å². The van der Waals surface area contributed by atoms with Crippen molar-refractivity contribution in [3.8, 4) is 5.75 Å². The Bertz CT molecular complexity index is 3430. The first-order chi connectivity index (χ1) is 44.0. The molecule has 15 nitrogen and oxygen atoms in total. The Labute approximate surface area is 526 Å². The molecule has 8 aromatic carbocycles. The number of hydrogen-bond donors (Lipinski definition) is 0. The highest BCUT2D eigenvalue weighted by Crippen LogP contribution is 2.39. The van der Waals surface area contributed by atoms with Gasteiger partial charge in [0.1, 0.15) is 65.7 Å². The third-order valence-electron chi connectivity index (χ3n) is 15.5. The molecule has 0 bridgehead atoms. The normalized spacial score (nSPS) is 21.8. The summed E-state index contributed by atoms with van der Waals surface area (Å²) in [7, 11) is 3.27. The maximum atomic E-state index is 7.12. The average Bonchev–Trinajstić information content (AvgIpc) is 4.19. The molecule has 0 aliphatic carbocycles. The smallest absolute Gasteiger partial charge is 0.186 e. The molecule has 0 spiro atoms. The average molecular weight is 1220 g/mol. The molecular weight excluding hydrogens is 1140 g/mol. The first-order valence-corrected chi connectivity index (χ1v) is 31.1. The van der Waals surface area contributed by atoms with Gasteiger partial charge in [-0.15, -0.1) is 5.10 Å². The maximum Gasteiger partial charge on any atom is 0.186 e. The highest BCUT2D eigenvalue weighted by Gasteiger charge is 2.50. The van der Waals surface area contributed by atoms with Gasteiger partial charge in [-0.1, -0.05) is 223 Å². The number of aromatic nitrogens is 3. The van der Waals surface area contributed by atoms with E-state index < -0.39 is 60.6 Å². The summed E-state index contributed by atoms with van der Waals surface area (Å²) in [5.74, 6) is 0.757. The van der Waals surface area contributed by atoms with Crippen molar-refractivity contribution < 1.29 is 56.8 Å². The summed E-state index contributed by atoms with van der Waals surface area (Å²) in [6.45, 7) is 3.21. The summed E-state index contributed by atoms with van der Waals surface area (Å²) in [4.78, 5) is 1.02. The lowest BCUT2D eigenvalue weighted by atomic mass is 9.97. The van der Waals surface area contributed by atoms with Crippen molar-refractivity contribution in [2.45, 2.75) is 125 Å². The number of ether oxygens (including phenoxy) is 12. The predicted octanol–water partition coefficient (Wildman–Crippen LogP) is 12.8. The Morgan fingerprint density at radius 2 is 0.809 bits per heavy atom. The second kappa shape index (κ2) is 33.4. The minimum absolute atomic E-state index is 0.121. The van der Waals surface area contributed by atoms with E-state index in [4.69, 9.17) is 56.8 Å². The Kier molecular flexibility index (Phi) is 23.7. The SMILES string of the molecule is COc1ccc(CO[C@H]2[C@H](OCc3ccccc3)[C@@H](OCc3ccccc3)[C@@H](OC)O[C@@H]2COCc2ccccc2Cn2cc(CO[C@@H]3[C@@H](OCc4ccccc4)[C@H](OCc4ccccc4)[C@@H](COCc4ccccc4)O[C@H]3Sc3ccccc3)nn2)cc1. The molecule has 9 aromatic rings. The molecule has 2 aliphatic rings. The molecular formula is C73H77N3O12S. The first-order valence-electron chi connectivity index (χ1n) is 30.2. The molecule has 0 radical (unpaired) electrons. The number of rotatable bonds is 32. The van der Waals surface area contributed by atoms with Crippen LogP contribution in [0, 0.1) is 0 Å². The fourth-order valence-corrected chi connectivity index (χ4v) is 12.0. The predicted molar refractivity (Wildman–Crippen MR) is 338 cm³/mol. The highest BCUT2D eigenvalue weighted by atomic mass is 32.2. The lowest BCUT2D eigenvalue weighted by Crippen LogP contribution is -2.61. The van der Waals surface area contributed by atoms with E-state index in [2.05, 4.69) is 71.0 Å². The minimum atomic E-state index is -0.797. The van der Waals surface area contributed by atoms with Crippen LogP contribution in [-0.4, -0.2) is 103 Å². The minimum Gasteiger partial charge on any atom is -0.497 e. The Balaban J connectivity index is 0.803. The van der Waals surface area contributed by atoms with Gasteiger partial charge in [0.05, 0.1) is 85.9 Å². The lowest BCUT2D eigenvalue weighted by Gasteiger charge is -2.46. The van der Waals surface area contributed by atoms with Gasteiger partial charge in [0.15, 0.2) is 6.29 Å². The molecule has 11 rings (SSSR count). The van der Waals surface area contributed by atoms with Gasteiger partial charge in [-0.25, -0.2) is 4.68 Å². The van der Waals surface area contributed by atoms with Crippen LogP contribution in [0.4, 0.5) is 0 Å². The maximum absolute atomic E-state index is 7.12. The molecule has 16 heteroatoms. The molecule has 2 aliphatic heterocycles. The number of hydrogen-bond acceptors (Lipinski definition) is 15. The van der Waals surface area contributed by atoms with Gasteiger partial charge >= 0.3 is 0 Å². The summed E-state index contributed by atoms with van der Waals surface area (Å²) < 4.78 is 81.7. The van der Waals surface area contributed by atoms with E-state index >= 15 is 0 Å². The quantitative estimate of drug-likeness (QED) is 0.0394. The fourth-order valence-electron chi connectivity index (χ4n) is 10.9. The van der Waals surface area contributed by atoms with Gasteiger partial charge in [0.2, 0.25) is 0 Å². The molecule has 10 atom stereocenters. The van der Waals surface area contributed by atoms with E-state index in [-0.39, 0.29) is 33.0 Å². The molecule has 0 saturated carbocycles. The van der Waals surface area contributed by atoms with Crippen LogP contribution in [0.1, 0.15) is 50.2 Å². The first kappa shape index (κ1) is 63.2. The summed E-state index contributed by atoms with van der Waals surface area (Å²) in [5.41, 5.74) is 8.17. The monoisotopic (exact) mass is 1220 g/mol. The fraction of sp³-hybridized carbons (Fsp3) is 0.315. The van der Waals surface area contributed by atoms with Crippen LogP contribution >= 0.6 is 11.8 Å². The van der Waals surface area contributed by atoms with Gasteiger partial charge in [0.25, 0.3) is 0 Å². The van der Waals surface area contributed by atoms with Gasteiger partial charge in [-0.3, -0.25) is 0 Å². The van der Waals surface area contributed by atoms with E-state index in [9.17, 15) is 0 Å². The van der Waals surface area contributed by atoms with Crippen LogP contribution in [0.2, 0.25) is 0 Å². The number of thioether (sulfide) groups is 1. The third-order valence-corrected chi connectivity index (χ3v) is 16.7. The molecule has 89 heavy (non-hydrogen) atoms. The molecule has 2 saturated heterocycles. The van der Waals surface area contributed by atoms with Crippen molar-refractivity contribution in [3.05, 3.63) is 287 Å². The van der Waals surface area contributed by atoms with E-state index in [0.717, 1.165) is 55.2 Å². The van der Waals surface area contributed by atoms with Crippen LogP contribution in [0.15, 0.2) is 242 Å². The van der Waals surface area contributed by atoms with Gasteiger partial charge in [0, 0.05) is 12.0 Å². The Morgan fingerprint density at radius 3 is 1.33 bits per heavy atom. The molecule has 2 fully saturated rings. The second-order valence-corrected chi connectivity index (χ2v) is 23.1. The van der Waals surface area contributed by atoms with Gasteiger partial charge in [-0.2, -0.15) is 0 Å². The van der Waals surface area contributed by atoms with Crippen molar-refractivity contribution >= 4 is 11.8 Å². The van der Waals surface area contributed by atoms with Crippen LogP contribution in [0.25, 0.3) is 0 Å². The number of nitrogens with zero attached hydrogens (tertiary/aromatic N) is 3. The zero-order valence-corrected chi connectivity index (χ0v) is 51.0. The summed E-state index contributed by atoms with van der Waals surface area (Å²) >= 11 is 1.59. The lowest BCUT2D eigenvalue weighted by molar-refractivity contribution is -0.323. The van der Waals surface area contributed by atoms with E-state index in [1.807, 2.05) is 181 Å². The van der Waals surface area contributed by atoms with Crippen LogP contribution in [0.3, 0.4) is 0 Å². The summed E-state index contributed by atoms with van der Waals surface area (Å²) in [6.07, 6.45) is -3.73. The molecule has 1 aromatic heterocycles. The summed E-state index contributed by atoms with van der Waals surface area (Å²) in [5, 5.41) is 9.28. The molecule has 0 N–H and O–H groups in total. The van der Waals surface area contributed by atoms with Gasteiger partial charge < -0.3 is 56.8 Å². The Hall–Kier alpha value is -7.39. The molecule has 0 unspecified atom stereocenters.